The number of hydrogen-bond donors (Lipinski definition) is 2. The fourth-order valence-electron chi connectivity index (χ4n) is 3.75. The third kappa shape index (κ3) is 3.33. The van der Waals surface area contributed by atoms with Crippen molar-refractivity contribution in [3.05, 3.63) is 18.0 Å². The van der Waals surface area contributed by atoms with Gasteiger partial charge in [0, 0.05) is 38.4 Å². The third-order valence-electron chi connectivity index (χ3n) is 5.08. The van der Waals surface area contributed by atoms with Gasteiger partial charge in [-0.3, -0.25) is 14.4 Å². The van der Waals surface area contributed by atoms with Gasteiger partial charge in [0.1, 0.15) is 5.69 Å². The second kappa shape index (κ2) is 6.79. The van der Waals surface area contributed by atoms with Gasteiger partial charge in [-0.15, -0.1) is 0 Å². The van der Waals surface area contributed by atoms with Crippen LogP contribution in [0.25, 0.3) is 0 Å². The van der Waals surface area contributed by atoms with Gasteiger partial charge in [-0.1, -0.05) is 12.8 Å². The molecular weight excluding hydrogens is 280 g/mol. The second-order valence-electron chi connectivity index (χ2n) is 6.54. The molecule has 1 aromatic heterocycles. The van der Waals surface area contributed by atoms with Crippen molar-refractivity contribution in [2.75, 3.05) is 13.1 Å². The maximum absolute atomic E-state index is 12.2. The number of carbonyl (C=O) groups excluding carboxylic acids is 1. The lowest BCUT2D eigenvalue weighted by Crippen LogP contribution is -2.52. The molecule has 2 fully saturated rings. The van der Waals surface area contributed by atoms with Gasteiger partial charge < -0.3 is 10.4 Å². The first-order valence-electron chi connectivity index (χ1n) is 8.36. The first-order valence-corrected chi connectivity index (χ1v) is 8.36. The van der Waals surface area contributed by atoms with Crippen molar-refractivity contribution in [3.8, 4) is 0 Å². The summed E-state index contributed by atoms with van der Waals surface area (Å²) in [4.78, 5) is 14.6. The zero-order valence-electron chi connectivity index (χ0n) is 13.2. The molecule has 6 nitrogen and oxygen atoms in total. The monoisotopic (exact) mass is 306 g/mol. The Morgan fingerprint density at radius 1 is 1.27 bits per heavy atom. The van der Waals surface area contributed by atoms with Crippen LogP contribution in [0.15, 0.2) is 12.3 Å². The minimum atomic E-state index is -0.172. The van der Waals surface area contributed by atoms with Crippen LogP contribution in [0.2, 0.25) is 0 Å². The molecule has 1 aliphatic carbocycles. The Kier molecular flexibility index (Phi) is 4.78. The smallest absolute Gasteiger partial charge is 0.269 e. The van der Waals surface area contributed by atoms with E-state index < -0.39 is 0 Å². The summed E-state index contributed by atoms with van der Waals surface area (Å²) in [5, 5.41) is 17.3. The van der Waals surface area contributed by atoms with Crippen molar-refractivity contribution in [2.45, 2.75) is 56.7 Å². The SMILES string of the molecule is Cn1nccc1C(=O)NC1CCN(C2CCCCC2O)CC1. The number of aliphatic hydroxyl groups excluding tert-OH is 1. The van der Waals surface area contributed by atoms with Crippen LogP contribution in [-0.2, 0) is 7.05 Å². The molecule has 1 saturated carbocycles. The molecule has 6 heteroatoms. The van der Waals surface area contributed by atoms with E-state index in [1.165, 1.54) is 6.42 Å². The van der Waals surface area contributed by atoms with E-state index in [0.717, 1.165) is 45.2 Å². The van der Waals surface area contributed by atoms with E-state index in [-0.39, 0.29) is 18.1 Å². The number of hydrogen-bond acceptors (Lipinski definition) is 4. The first-order chi connectivity index (χ1) is 10.6. The Labute approximate surface area is 131 Å². The average Bonchev–Trinajstić information content (AvgIpc) is 2.95. The van der Waals surface area contributed by atoms with Crippen molar-refractivity contribution >= 4 is 5.91 Å². The quantitative estimate of drug-likeness (QED) is 0.871. The van der Waals surface area contributed by atoms with E-state index in [9.17, 15) is 9.90 Å². The summed E-state index contributed by atoms with van der Waals surface area (Å²) >= 11 is 0. The predicted molar refractivity (Wildman–Crippen MR) is 83.5 cm³/mol. The molecule has 1 aliphatic heterocycles. The maximum atomic E-state index is 12.2. The number of aliphatic hydroxyl groups is 1. The highest BCUT2D eigenvalue weighted by Crippen LogP contribution is 2.25. The van der Waals surface area contributed by atoms with Gasteiger partial charge in [-0.25, -0.2) is 0 Å². The second-order valence-corrected chi connectivity index (χ2v) is 6.54. The molecular formula is C16H26N4O2. The average molecular weight is 306 g/mol. The fourth-order valence-corrected chi connectivity index (χ4v) is 3.75. The summed E-state index contributed by atoms with van der Waals surface area (Å²) in [6.07, 6.45) is 7.78. The van der Waals surface area contributed by atoms with Gasteiger partial charge >= 0.3 is 0 Å². The van der Waals surface area contributed by atoms with Crippen LogP contribution in [0.5, 0.6) is 0 Å². The van der Waals surface area contributed by atoms with Gasteiger partial charge in [0.15, 0.2) is 0 Å². The molecule has 1 amide bonds. The molecule has 1 saturated heterocycles. The highest BCUT2D eigenvalue weighted by atomic mass is 16.3. The Bertz CT molecular complexity index is 508. The topological polar surface area (TPSA) is 70.4 Å². The molecule has 3 rings (SSSR count). The van der Waals surface area contributed by atoms with Gasteiger partial charge in [-0.2, -0.15) is 5.10 Å². The maximum Gasteiger partial charge on any atom is 0.269 e. The van der Waals surface area contributed by atoms with Crippen LogP contribution in [0.3, 0.4) is 0 Å². The highest BCUT2D eigenvalue weighted by Gasteiger charge is 2.31. The number of nitrogens with one attached hydrogen (secondary N) is 1. The number of nitrogens with zero attached hydrogens (tertiary/aromatic N) is 3. The Hall–Kier alpha value is -1.40. The summed E-state index contributed by atoms with van der Waals surface area (Å²) in [6.45, 7) is 1.91. The number of amides is 1. The normalized spacial score (nSPS) is 27.7. The van der Waals surface area contributed by atoms with Crippen LogP contribution >= 0.6 is 0 Å². The number of rotatable bonds is 3. The summed E-state index contributed by atoms with van der Waals surface area (Å²) in [7, 11) is 1.78. The molecule has 0 bridgehead atoms. The molecule has 2 atom stereocenters. The Balaban J connectivity index is 1.49. The first kappa shape index (κ1) is 15.5. The Morgan fingerprint density at radius 2 is 2.00 bits per heavy atom. The fraction of sp³-hybridized carbons (Fsp3) is 0.750. The molecule has 0 aromatic carbocycles. The number of aromatic nitrogens is 2. The van der Waals surface area contributed by atoms with Crippen molar-refractivity contribution in [2.24, 2.45) is 7.05 Å². The zero-order chi connectivity index (χ0) is 15.5. The van der Waals surface area contributed by atoms with E-state index in [1.807, 2.05) is 0 Å². The number of likely N-dealkylation sites (tertiary alicyclic amines) is 1. The van der Waals surface area contributed by atoms with Crippen molar-refractivity contribution in [1.82, 2.24) is 20.0 Å². The van der Waals surface area contributed by atoms with Gasteiger partial charge in [0.05, 0.1) is 6.10 Å². The highest BCUT2D eigenvalue weighted by molar-refractivity contribution is 5.92. The van der Waals surface area contributed by atoms with Gasteiger partial charge in [-0.05, 0) is 31.7 Å². The van der Waals surface area contributed by atoms with Crippen molar-refractivity contribution < 1.29 is 9.90 Å². The molecule has 2 heterocycles. The summed E-state index contributed by atoms with van der Waals surface area (Å²) < 4.78 is 1.60. The molecule has 2 N–H and O–H groups in total. The van der Waals surface area contributed by atoms with E-state index in [4.69, 9.17) is 0 Å². The lowest BCUT2D eigenvalue weighted by molar-refractivity contribution is 0.00725. The summed E-state index contributed by atoms with van der Waals surface area (Å²) in [5.74, 6) is -0.0452. The molecule has 122 valence electrons. The summed E-state index contributed by atoms with van der Waals surface area (Å²) in [6, 6.07) is 2.28. The van der Waals surface area contributed by atoms with Crippen LogP contribution in [-0.4, -0.2) is 57.0 Å². The van der Waals surface area contributed by atoms with E-state index in [1.54, 1.807) is 24.0 Å². The van der Waals surface area contributed by atoms with E-state index >= 15 is 0 Å². The van der Waals surface area contributed by atoms with E-state index in [0.29, 0.717) is 11.7 Å². The number of carbonyl (C=O) groups is 1. The van der Waals surface area contributed by atoms with Gasteiger partial charge in [0.2, 0.25) is 0 Å². The van der Waals surface area contributed by atoms with Crippen molar-refractivity contribution in [1.29, 1.82) is 0 Å². The zero-order valence-corrected chi connectivity index (χ0v) is 13.2. The van der Waals surface area contributed by atoms with Crippen LogP contribution < -0.4 is 5.32 Å². The van der Waals surface area contributed by atoms with Gasteiger partial charge in [0.25, 0.3) is 5.91 Å². The molecule has 22 heavy (non-hydrogen) atoms. The summed E-state index contributed by atoms with van der Waals surface area (Å²) in [5.41, 5.74) is 0.602. The van der Waals surface area contributed by atoms with Crippen LogP contribution in [0.4, 0.5) is 0 Å². The lowest BCUT2D eigenvalue weighted by Gasteiger charge is -2.41. The Morgan fingerprint density at radius 3 is 2.64 bits per heavy atom. The minimum Gasteiger partial charge on any atom is -0.391 e. The number of piperidine rings is 1. The third-order valence-corrected chi connectivity index (χ3v) is 5.08. The molecule has 0 radical (unpaired) electrons. The largest absolute Gasteiger partial charge is 0.391 e. The molecule has 2 unspecified atom stereocenters. The van der Waals surface area contributed by atoms with Crippen LogP contribution in [0.1, 0.15) is 49.0 Å². The lowest BCUT2D eigenvalue weighted by atomic mass is 9.89. The number of aryl methyl sites for hydroxylation is 1. The standard InChI is InChI=1S/C16H26N4O2/c1-19-14(6-9-17-19)16(22)18-12-7-10-20(11-8-12)13-4-2-3-5-15(13)21/h6,9,12-13,15,21H,2-5,7-8,10-11H2,1H3,(H,18,22). The van der Waals surface area contributed by atoms with E-state index in [2.05, 4.69) is 15.3 Å². The van der Waals surface area contributed by atoms with Crippen molar-refractivity contribution in [3.63, 3.8) is 0 Å². The molecule has 1 aromatic rings. The minimum absolute atomic E-state index is 0.0452. The molecule has 0 spiro atoms. The van der Waals surface area contributed by atoms with Crippen LogP contribution in [0, 0.1) is 0 Å². The predicted octanol–water partition coefficient (Wildman–Crippen LogP) is 0.918. The molecule has 2 aliphatic rings.